The molecule has 2 N–H and O–H groups in total. The van der Waals surface area contributed by atoms with E-state index in [2.05, 4.69) is 42.9 Å². The standard InChI is InChI=1S/C29H40FN3O4S/c1-6-8-15-33(16-9-7-2)17-14-23-25-19-22(11-13-26(25)32-28(23)20(3)4)31-29(34)24-12-10-21(30)18-27(24)37-38(5,35)36/h10-13,18-20,32H,6-9,14-17H2,1-5H3,(H,31,34). The van der Waals surface area contributed by atoms with Crippen LogP contribution in [-0.4, -0.2) is 50.1 Å². The summed E-state index contributed by atoms with van der Waals surface area (Å²) in [6.07, 6.45) is 6.43. The number of hydrogen-bond donors (Lipinski definition) is 2. The van der Waals surface area contributed by atoms with Crippen LogP contribution in [0.1, 0.15) is 80.9 Å². The molecule has 0 fully saturated rings. The van der Waals surface area contributed by atoms with Gasteiger partial charge in [0.15, 0.2) is 5.75 Å². The molecule has 0 aliphatic carbocycles. The predicted octanol–water partition coefficient (Wildman–Crippen LogP) is 6.47. The fourth-order valence-electron chi connectivity index (χ4n) is 4.59. The quantitative estimate of drug-likeness (QED) is 0.227. The molecule has 0 saturated carbocycles. The van der Waals surface area contributed by atoms with E-state index < -0.39 is 21.8 Å². The fraction of sp³-hybridized carbons (Fsp3) is 0.483. The lowest BCUT2D eigenvalue weighted by Gasteiger charge is -2.22. The van der Waals surface area contributed by atoms with Crippen LogP contribution in [-0.2, 0) is 16.5 Å². The summed E-state index contributed by atoms with van der Waals surface area (Å²) < 4.78 is 41.9. The van der Waals surface area contributed by atoms with Crippen molar-refractivity contribution in [2.75, 3.05) is 31.2 Å². The Morgan fingerprint density at radius 3 is 2.34 bits per heavy atom. The molecule has 38 heavy (non-hydrogen) atoms. The first kappa shape index (κ1) is 29.6. The maximum atomic E-state index is 13.8. The Morgan fingerprint density at radius 2 is 1.74 bits per heavy atom. The Bertz CT molecular complexity index is 1340. The average Bonchev–Trinajstić information content (AvgIpc) is 3.20. The number of hydrogen-bond acceptors (Lipinski definition) is 5. The van der Waals surface area contributed by atoms with Gasteiger partial charge in [-0.2, -0.15) is 8.42 Å². The van der Waals surface area contributed by atoms with Gasteiger partial charge in [0, 0.05) is 34.9 Å². The maximum Gasteiger partial charge on any atom is 0.306 e. The lowest BCUT2D eigenvalue weighted by atomic mass is 10.00. The van der Waals surface area contributed by atoms with Crippen molar-refractivity contribution in [3.05, 3.63) is 59.0 Å². The fourth-order valence-corrected chi connectivity index (χ4v) is 5.06. The van der Waals surface area contributed by atoms with Crippen LogP contribution in [0.4, 0.5) is 10.1 Å². The zero-order valence-electron chi connectivity index (χ0n) is 23.1. The maximum absolute atomic E-state index is 13.8. The Balaban J connectivity index is 1.89. The third-order valence-electron chi connectivity index (χ3n) is 6.54. The van der Waals surface area contributed by atoms with Crippen molar-refractivity contribution in [2.45, 2.75) is 65.7 Å². The summed E-state index contributed by atoms with van der Waals surface area (Å²) in [5.41, 5.74) is 3.92. The molecule has 0 aliphatic heterocycles. The number of amides is 1. The Hall–Kier alpha value is -2.91. The zero-order valence-corrected chi connectivity index (χ0v) is 23.9. The molecular weight excluding hydrogens is 505 g/mol. The molecule has 0 atom stereocenters. The number of aromatic amines is 1. The zero-order chi connectivity index (χ0) is 27.9. The number of carbonyl (C=O) groups excluding carboxylic acids is 1. The molecule has 3 rings (SSSR count). The van der Waals surface area contributed by atoms with Crippen molar-refractivity contribution >= 4 is 32.6 Å². The van der Waals surface area contributed by atoms with Gasteiger partial charge in [-0.15, -0.1) is 0 Å². The van der Waals surface area contributed by atoms with Gasteiger partial charge in [0.1, 0.15) is 5.82 Å². The number of benzene rings is 2. The molecule has 1 heterocycles. The number of fused-ring (bicyclic) bond motifs is 1. The van der Waals surface area contributed by atoms with Gasteiger partial charge in [0.05, 0.1) is 11.8 Å². The second-order valence-corrected chi connectivity index (χ2v) is 11.7. The molecule has 0 saturated heterocycles. The number of unbranched alkanes of at least 4 members (excludes halogenated alkanes) is 2. The van der Waals surface area contributed by atoms with E-state index in [4.69, 9.17) is 4.18 Å². The van der Waals surface area contributed by atoms with Crippen LogP contribution < -0.4 is 9.50 Å². The summed E-state index contributed by atoms with van der Waals surface area (Å²) in [6, 6.07) is 8.86. The molecule has 0 radical (unpaired) electrons. The summed E-state index contributed by atoms with van der Waals surface area (Å²) in [5, 5.41) is 3.87. The molecule has 0 bridgehead atoms. The minimum Gasteiger partial charge on any atom is -0.382 e. The van der Waals surface area contributed by atoms with Gasteiger partial charge < -0.3 is 19.4 Å². The SMILES string of the molecule is CCCCN(CCCC)CCc1c(C(C)C)[nH]c2ccc(NC(=O)c3ccc(F)cc3OS(C)(=O)=O)cc12. The summed E-state index contributed by atoms with van der Waals surface area (Å²) in [6.45, 7) is 11.9. The first-order valence-electron chi connectivity index (χ1n) is 13.4. The van der Waals surface area contributed by atoms with Gasteiger partial charge in [-0.05, 0) is 74.2 Å². The Labute approximate surface area is 225 Å². The highest BCUT2D eigenvalue weighted by Gasteiger charge is 2.19. The Morgan fingerprint density at radius 1 is 1.05 bits per heavy atom. The third kappa shape index (κ3) is 8.04. The van der Waals surface area contributed by atoms with E-state index >= 15 is 0 Å². The van der Waals surface area contributed by atoms with Crippen molar-refractivity contribution in [3.8, 4) is 5.75 Å². The molecule has 3 aromatic rings. The number of H-pyrrole nitrogens is 1. The lowest BCUT2D eigenvalue weighted by Crippen LogP contribution is -2.28. The number of nitrogens with one attached hydrogen (secondary N) is 2. The van der Waals surface area contributed by atoms with Crippen LogP contribution in [0.15, 0.2) is 36.4 Å². The smallest absolute Gasteiger partial charge is 0.306 e. The summed E-state index contributed by atoms with van der Waals surface area (Å²) in [7, 11) is -3.94. The van der Waals surface area contributed by atoms with Crippen molar-refractivity contribution in [3.63, 3.8) is 0 Å². The molecule has 0 spiro atoms. The lowest BCUT2D eigenvalue weighted by molar-refractivity contribution is 0.102. The number of halogens is 1. The van der Waals surface area contributed by atoms with Gasteiger partial charge in [-0.3, -0.25) is 4.79 Å². The highest BCUT2D eigenvalue weighted by molar-refractivity contribution is 7.86. The molecule has 1 aromatic heterocycles. The van der Waals surface area contributed by atoms with Crippen LogP contribution in [0.25, 0.3) is 10.9 Å². The van der Waals surface area contributed by atoms with Crippen molar-refractivity contribution in [2.24, 2.45) is 0 Å². The van der Waals surface area contributed by atoms with Gasteiger partial charge in [-0.25, -0.2) is 4.39 Å². The second kappa shape index (κ2) is 13.2. The molecule has 2 aromatic carbocycles. The molecule has 208 valence electrons. The molecule has 9 heteroatoms. The number of carbonyl (C=O) groups is 1. The average molecular weight is 546 g/mol. The van der Waals surface area contributed by atoms with Gasteiger partial charge in [0.25, 0.3) is 5.91 Å². The topological polar surface area (TPSA) is 91.5 Å². The first-order valence-corrected chi connectivity index (χ1v) is 15.2. The van der Waals surface area contributed by atoms with Crippen molar-refractivity contribution in [1.82, 2.24) is 9.88 Å². The number of anilines is 1. The molecule has 7 nitrogen and oxygen atoms in total. The molecule has 1 amide bonds. The summed E-state index contributed by atoms with van der Waals surface area (Å²) in [5.74, 6) is -1.33. The normalized spacial score (nSPS) is 12.0. The van der Waals surface area contributed by atoms with E-state index in [0.717, 1.165) is 55.3 Å². The minimum absolute atomic E-state index is 0.0726. The van der Waals surface area contributed by atoms with Gasteiger partial charge in [-0.1, -0.05) is 40.5 Å². The van der Waals surface area contributed by atoms with Crippen LogP contribution >= 0.6 is 0 Å². The minimum atomic E-state index is -3.94. The van der Waals surface area contributed by atoms with Gasteiger partial charge in [0.2, 0.25) is 0 Å². The molecule has 0 unspecified atom stereocenters. The van der Waals surface area contributed by atoms with Crippen LogP contribution in [0.3, 0.4) is 0 Å². The van der Waals surface area contributed by atoms with E-state index in [-0.39, 0.29) is 11.3 Å². The monoisotopic (exact) mass is 545 g/mol. The predicted molar refractivity (Wildman–Crippen MR) is 152 cm³/mol. The van der Waals surface area contributed by atoms with E-state index in [1.165, 1.54) is 43.0 Å². The summed E-state index contributed by atoms with van der Waals surface area (Å²) in [4.78, 5) is 19.2. The third-order valence-corrected chi connectivity index (χ3v) is 7.02. The van der Waals surface area contributed by atoms with Crippen LogP contribution in [0, 0.1) is 5.82 Å². The van der Waals surface area contributed by atoms with Crippen LogP contribution in [0.2, 0.25) is 0 Å². The highest BCUT2D eigenvalue weighted by Crippen LogP contribution is 2.31. The van der Waals surface area contributed by atoms with E-state index in [9.17, 15) is 17.6 Å². The number of nitrogens with zero attached hydrogens (tertiary/aromatic N) is 1. The Kier molecular flexibility index (Phi) is 10.3. The number of rotatable bonds is 14. The molecule has 0 aliphatic rings. The van der Waals surface area contributed by atoms with E-state index in [1.54, 1.807) is 6.07 Å². The van der Waals surface area contributed by atoms with Crippen LogP contribution in [0.5, 0.6) is 5.75 Å². The van der Waals surface area contributed by atoms with Crippen molar-refractivity contribution < 1.29 is 21.8 Å². The van der Waals surface area contributed by atoms with E-state index in [0.29, 0.717) is 11.6 Å². The molecular formula is C29H40FN3O4S. The summed E-state index contributed by atoms with van der Waals surface area (Å²) >= 11 is 0. The largest absolute Gasteiger partial charge is 0.382 e. The van der Waals surface area contributed by atoms with Crippen molar-refractivity contribution in [1.29, 1.82) is 0 Å². The van der Waals surface area contributed by atoms with Gasteiger partial charge >= 0.3 is 10.1 Å². The first-order chi connectivity index (χ1) is 18.0. The van der Waals surface area contributed by atoms with E-state index in [1.807, 2.05) is 12.1 Å². The number of aromatic nitrogens is 1. The highest BCUT2D eigenvalue weighted by atomic mass is 32.2. The second-order valence-electron chi connectivity index (χ2n) is 10.1.